The van der Waals surface area contributed by atoms with E-state index in [0.29, 0.717) is 19.4 Å². The van der Waals surface area contributed by atoms with E-state index in [9.17, 15) is 9.59 Å². The molecule has 0 aromatic carbocycles. The molecule has 4 nitrogen and oxygen atoms in total. The Balaban J connectivity index is 3.61. The van der Waals surface area contributed by atoms with Gasteiger partial charge >= 0.3 is 0 Å². The van der Waals surface area contributed by atoms with Crippen molar-refractivity contribution in [1.82, 2.24) is 10.6 Å². The molecule has 0 bridgehead atoms. The Morgan fingerprint density at radius 2 is 1.86 bits per heavy atom. The van der Waals surface area contributed by atoms with Gasteiger partial charge in [-0.2, -0.15) is 0 Å². The van der Waals surface area contributed by atoms with Crippen LogP contribution in [-0.2, 0) is 9.59 Å². The summed E-state index contributed by atoms with van der Waals surface area (Å²) in [5, 5.41) is 0. The maximum Gasteiger partial charge on any atom is 0.238 e. The molecule has 0 aromatic heterocycles. The highest BCUT2D eigenvalue weighted by atomic mass is 16.2. The lowest BCUT2D eigenvalue weighted by Crippen LogP contribution is -2.30. The molecular weight excluding hydrogens is 180 g/mol. The third-order valence-corrected chi connectivity index (χ3v) is 2.02. The number of carbonyl (C=O) groups is 2. The highest BCUT2D eigenvalue weighted by Gasteiger charge is 2.06. The first kappa shape index (κ1) is 12.9. The molecular formula is C10H19N2O2. The largest absolute Gasteiger partial charge is 0.343 e. The molecule has 0 aliphatic heterocycles. The van der Waals surface area contributed by atoms with Crippen LogP contribution in [0.4, 0.5) is 0 Å². The summed E-state index contributed by atoms with van der Waals surface area (Å²) in [6.07, 6.45) is 2.77. The first-order chi connectivity index (χ1) is 6.57. The van der Waals surface area contributed by atoms with Gasteiger partial charge < -0.3 is 4.90 Å². The van der Waals surface area contributed by atoms with E-state index in [4.69, 9.17) is 5.73 Å². The van der Waals surface area contributed by atoms with Gasteiger partial charge in [-0.3, -0.25) is 15.3 Å². The molecule has 0 saturated heterocycles. The summed E-state index contributed by atoms with van der Waals surface area (Å²) < 4.78 is 0. The van der Waals surface area contributed by atoms with Gasteiger partial charge in [0, 0.05) is 26.4 Å². The number of rotatable bonds is 7. The van der Waals surface area contributed by atoms with E-state index in [1.807, 2.05) is 6.92 Å². The molecule has 0 fully saturated rings. The molecule has 0 spiro atoms. The second-order valence-electron chi connectivity index (χ2n) is 3.39. The predicted molar refractivity (Wildman–Crippen MR) is 54.5 cm³/mol. The second kappa shape index (κ2) is 7.35. The maximum absolute atomic E-state index is 11.1. The Kier molecular flexibility index (Phi) is 6.80. The van der Waals surface area contributed by atoms with Crippen molar-refractivity contribution in [3.8, 4) is 0 Å². The van der Waals surface area contributed by atoms with Crippen LogP contribution in [-0.4, -0.2) is 29.8 Å². The number of hydrogen-bond donors (Lipinski definition) is 0. The lowest BCUT2D eigenvalue weighted by molar-refractivity contribution is -0.128. The van der Waals surface area contributed by atoms with Crippen LogP contribution in [0, 0.1) is 0 Å². The van der Waals surface area contributed by atoms with Crippen LogP contribution in [0.25, 0.3) is 0 Å². The highest BCUT2D eigenvalue weighted by molar-refractivity contribution is 5.73. The minimum Gasteiger partial charge on any atom is -0.343 e. The minimum atomic E-state index is -0.519. The van der Waals surface area contributed by atoms with Gasteiger partial charge in [0.2, 0.25) is 11.8 Å². The van der Waals surface area contributed by atoms with Crippen molar-refractivity contribution >= 4 is 11.8 Å². The molecule has 0 atom stereocenters. The first-order valence-electron chi connectivity index (χ1n) is 5.07. The summed E-state index contributed by atoms with van der Waals surface area (Å²) in [7, 11) is 0. The van der Waals surface area contributed by atoms with E-state index in [-0.39, 0.29) is 5.91 Å². The number of carbonyl (C=O) groups excluding carboxylic acids is 2. The summed E-state index contributed by atoms with van der Waals surface area (Å²) in [4.78, 5) is 23.2. The van der Waals surface area contributed by atoms with E-state index in [1.54, 1.807) is 11.8 Å². The van der Waals surface area contributed by atoms with Crippen LogP contribution in [0.2, 0.25) is 0 Å². The predicted octanol–water partition coefficient (Wildman–Crippen LogP) is 1.22. The fraction of sp³-hybridized carbons (Fsp3) is 0.800. The van der Waals surface area contributed by atoms with Crippen LogP contribution in [0.3, 0.4) is 0 Å². The van der Waals surface area contributed by atoms with Crippen molar-refractivity contribution in [2.24, 2.45) is 0 Å². The molecule has 4 heteroatoms. The zero-order valence-corrected chi connectivity index (χ0v) is 9.01. The van der Waals surface area contributed by atoms with Crippen molar-refractivity contribution < 1.29 is 9.59 Å². The molecule has 14 heavy (non-hydrogen) atoms. The SMILES string of the molecule is CCCN(CCCCC([NH])=O)C(C)=O. The van der Waals surface area contributed by atoms with Crippen LogP contribution in [0.1, 0.15) is 39.5 Å². The van der Waals surface area contributed by atoms with E-state index in [2.05, 4.69) is 0 Å². The van der Waals surface area contributed by atoms with Gasteiger partial charge in [0.05, 0.1) is 0 Å². The van der Waals surface area contributed by atoms with Crippen LogP contribution >= 0.6 is 0 Å². The third-order valence-electron chi connectivity index (χ3n) is 2.02. The summed E-state index contributed by atoms with van der Waals surface area (Å²) in [5.41, 5.74) is 6.71. The Hall–Kier alpha value is -1.06. The van der Waals surface area contributed by atoms with Gasteiger partial charge in [0.25, 0.3) is 0 Å². The monoisotopic (exact) mass is 199 g/mol. The summed E-state index contributed by atoms with van der Waals surface area (Å²) in [6, 6.07) is 0. The Bertz CT molecular complexity index is 193. The average Bonchev–Trinajstić information content (AvgIpc) is 2.09. The zero-order chi connectivity index (χ0) is 11.0. The number of nitrogens with one attached hydrogen (secondary N) is 1. The van der Waals surface area contributed by atoms with E-state index in [0.717, 1.165) is 19.4 Å². The number of amides is 2. The standard InChI is InChI=1S/C10H19N2O2/c1-3-7-12(9(2)13)8-5-4-6-10(11)14/h11H,3-8H2,1-2H3. The molecule has 2 amide bonds. The Labute approximate surface area is 85.4 Å². The molecule has 0 aromatic rings. The Morgan fingerprint density at radius 3 is 2.29 bits per heavy atom. The number of nitrogens with zero attached hydrogens (tertiary/aromatic N) is 1. The van der Waals surface area contributed by atoms with Gasteiger partial charge in [-0.15, -0.1) is 0 Å². The lowest BCUT2D eigenvalue weighted by atomic mass is 10.2. The topological polar surface area (TPSA) is 61.2 Å². The van der Waals surface area contributed by atoms with Gasteiger partial charge in [-0.05, 0) is 19.3 Å². The van der Waals surface area contributed by atoms with E-state index < -0.39 is 5.91 Å². The summed E-state index contributed by atoms with van der Waals surface area (Å²) >= 11 is 0. The molecule has 0 rings (SSSR count). The molecule has 81 valence electrons. The van der Waals surface area contributed by atoms with Gasteiger partial charge in [-0.1, -0.05) is 6.92 Å². The third kappa shape index (κ3) is 6.46. The number of hydrogen-bond acceptors (Lipinski definition) is 2. The second-order valence-corrected chi connectivity index (χ2v) is 3.39. The minimum absolute atomic E-state index is 0.0871. The molecule has 1 N–H and O–H groups in total. The summed E-state index contributed by atoms with van der Waals surface area (Å²) in [6.45, 7) is 5.08. The van der Waals surface area contributed by atoms with E-state index >= 15 is 0 Å². The van der Waals surface area contributed by atoms with Crippen molar-refractivity contribution in [1.29, 1.82) is 0 Å². The fourth-order valence-electron chi connectivity index (χ4n) is 1.28. The highest BCUT2D eigenvalue weighted by Crippen LogP contribution is 2.00. The average molecular weight is 199 g/mol. The molecule has 0 aliphatic carbocycles. The van der Waals surface area contributed by atoms with E-state index in [1.165, 1.54) is 0 Å². The number of unbranched alkanes of at least 4 members (excludes halogenated alkanes) is 1. The Morgan fingerprint density at radius 1 is 1.21 bits per heavy atom. The van der Waals surface area contributed by atoms with Crippen molar-refractivity contribution in [2.45, 2.75) is 39.5 Å². The normalized spacial score (nSPS) is 9.86. The summed E-state index contributed by atoms with van der Waals surface area (Å²) in [5.74, 6) is -0.432. The van der Waals surface area contributed by atoms with Crippen LogP contribution < -0.4 is 5.73 Å². The zero-order valence-electron chi connectivity index (χ0n) is 9.01. The smallest absolute Gasteiger partial charge is 0.238 e. The molecule has 0 saturated carbocycles. The van der Waals surface area contributed by atoms with Crippen molar-refractivity contribution in [3.05, 3.63) is 0 Å². The quantitative estimate of drug-likeness (QED) is 0.579. The van der Waals surface area contributed by atoms with Crippen LogP contribution in [0.15, 0.2) is 0 Å². The van der Waals surface area contributed by atoms with Gasteiger partial charge in [0.15, 0.2) is 0 Å². The van der Waals surface area contributed by atoms with Crippen molar-refractivity contribution in [2.75, 3.05) is 13.1 Å². The lowest BCUT2D eigenvalue weighted by Gasteiger charge is -2.19. The molecule has 0 aliphatic rings. The first-order valence-corrected chi connectivity index (χ1v) is 5.07. The molecule has 0 heterocycles. The fourth-order valence-corrected chi connectivity index (χ4v) is 1.28. The van der Waals surface area contributed by atoms with Gasteiger partial charge in [0.1, 0.15) is 0 Å². The van der Waals surface area contributed by atoms with Gasteiger partial charge in [-0.25, -0.2) is 0 Å². The maximum atomic E-state index is 11.1. The van der Waals surface area contributed by atoms with Crippen molar-refractivity contribution in [3.63, 3.8) is 0 Å². The molecule has 0 unspecified atom stereocenters. The van der Waals surface area contributed by atoms with Crippen LogP contribution in [0.5, 0.6) is 0 Å². The molecule has 1 radical (unpaired) electrons.